The van der Waals surface area contributed by atoms with Crippen LogP contribution in [0.15, 0.2) is 80.4 Å². The largest absolute Gasteiger partial charge is 0.464 e. The number of furan rings is 1. The lowest BCUT2D eigenvalue weighted by molar-refractivity contribution is -0.139. The summed E-state index contributed by atoms with van der Waals surface area (Å²) >= 11 is 13.8. The van der Waals surface area contributed by atoms with Crippen LogP contribution in [0.3, 0.4) is 0 Å². The number of carbonyl (C=O) groups excluding carboxylic acids is 1. The molecule has 2 aromatic heterocycles. The zero-order chi connectivity index (χ0) is 25.4. The number of benzene rings is 2. The van der Waals surface area contributed by atoms with Gasteiger partial charge >= 0.3 is 5.97 Å². The Bertz CT molecular complexity index is 1680. The second kappa shape index (κ2) is 9.93. The van der Waals surface area contributed by atoms with E-state index >= 15 is 0 Å². The Morgan fingerprint density at radius 2 is 1.92 bits per heavy atom. The molecule has 182 valence electrons. The van der Waals surface area contributed by atoms with Crippen molar-refractivity contribution in [2.45, 2.75) is 19.9 Å². The molecule has 3 heterocycles. The molecule has 0 radical (unpaired) electrons. The van der Waals surface area contributed by atoms with Gasteiger partial charge in [-0.1, -0.05) is 77.0 Å². The van der Waals surface area contributed by atoms with Crippen molar-refractivity contribution in [3.05, 3.63) is 119 Å². The van der Waals surface area contributed by atoms with Gasteiger partial charge in [0.1, 0.15) is 17.6 Å². The quantitative estimate of drug-likeness (QED) is 0.329. The molecule has 6 nitrogen and oxygen atoms in total. The first-order chi connectivity index (χ1) is 17.4. The third-order valence-electron chi connectivity index (χ3n) is 5.67. The van der Waals surface area contributed by atoms with Crippen LogP contribution in [0.2, 0.25) is 10.0 Å². The van der Waals surface area contributed by atoms with E-state index in [1.165, 1.54) is 15.9 Å². The Hall–Kier alpha value is -3.39. The summed E-state index contributed by atoms with van der Waals surface area (Å²) in [7, 11) is 0. The van der Waals surface area contributed by atoms with Crippen molar-refractivity contribution in [1.82, 2.24) is 4.57 Å². The summed E-state index contributed by atoms with van der Waals surface area (Å²) in [6.45, 7) is 3.71. The second-order valence-electron chi connectivity index (χ2n) is 8.02. The average Bonchev–Trinajstić information content (AvgIpc) is 3.44. The molecular formula is C27H20Cl2N2O4S. The Kier molecular flexibility index (Phi) is 6.71. The van der Waals surface area contributed by atoms with E-state index in [0.717, 1.165) is 5.56 Å². The average molecular weight is 539 g/mol. The number of hydrogen-bond donors (Lipinski definition) is 0. The molecule has 0 saturated heterocycles. The first-order valence-electron chi connectivity index (χ1n) is 11.2. The monoisotopic (exact) mass is 538 g/mol. The number of esters is 1. The zero-order valence-corrected chi connectivity index (χ0v) is 21.7. The van der Waals surface area contributed by atoms with Crippen LogP contribution in [0.1, 0.15) is 35.6 Å². The van der Waals surface area contributed by atoms with Crippen LogP contribution >= 0.6 is 34.5 Å². The van der Waals surface area contributed by atoms with Gasteiger partial charge < -0.3 is 9.15 Å². The molecule has 36 heavy (non-hydrogen) atoms. The van der Waals surface area contributed by atoms with Gasteiger partial charge in [0.15, 0.2) is 4.80 Å². The molecule has 1 atom stereocenters. The fraction of sp³-hybridized carbons (Fsp3) is 0.148. The lowest BCUT2D eigenvalue weighted by atomic mass is 9.97. The Morgan fingerprint density at radius 1 is 1.14 bits per heavy atom. The van der Waals surface area contributed by atoms with Gasteiger partial charge in [0.25, 0.3) is 5.56 Å². The molecule has 4 aromatic rings. The van der Waals surface area contributed by atoms with Crippen LogP contribution in [0.4, 0.5) is 0 Å². The van der Waals surface area contributed by atoms with Gasteiger partial charge in [-0.05, 0) is 43.7 Å². The van der Waals surface area contributed by atoms with E-state index in [1.54, 1.807) is 50.3 Å². The fourth-order valence-corrected chi connectivity index (χ4v) is 5.44. The number of carbonyl (C=O) groups is 1. The van der Waals surface area contributed by atoms with Crippen LogP contribution in [0.5, 0.6) is 0 Å². The summed E-state index contributed by atoms with van der Waals surface area (Å²) in [5.41, 5.74) is 1.67. The zero-order valence-electron chi connectivity index (χ0n) is 19.3. The third-order valence-corrected chi connectivity index (χ3v) is 7.49. The smallest absolute Gasteiger partial charge is 0.338 e. The topological polar surface area (TPSA) is 73.8 Å². The highest BCUT2D eigenvalue weighted by atomic mass is 35.5. The van der Waals surface area contributed by atoms with Gasteiger partial charge in [-0.3, -0.25) is 9.36 Å². The highest BCUT2D eigenvalue weighted by Gasteiger charge is 2.37. The summed E-state index contributed by atoms with van der Waals surface area (Å²) < 4.78 is 13.3. The summed E-state index contributed by atoms with van der Waals surface area (Å²) in [4.78, 5) is 32.3. The van der Waals surface area contributed by atoms with Crippen molar-refractivity contribution in [2.75, 3.05) is 6.61 Å². The van der Waals surface area contributed by atoms with Gasteiger partial charge in [-0.15, -0.1) is 0 Å². The molecule has 0 aliphatic carbocycles. The Morgan fingerprint density at radius 3 is 2.61 bits per heavy atom. The molecule has 1 aliphatic rings. The number of aromatic nitrogens is 1. The minimum absolute atomic E-state index is 0.173. The number of ether oxygens (including phenoxy) is 1. The molecule has 0 amide bonds. The number of aryl methyl sites for hydroxylation is 1. The summed E-state index contributed by atoms with van der Waals surface area (Å²) in [6.07, 6.45) is 1.68. The number of rotatable bonds is 5. The minimum Gasteiger partial charge on any atom is -0.464 e. The Balaban J connectivity index is 1.84. The summed E-state index contributed by atoms with van der Waals surface area (Å²) in [6, 6.07) is 17.3. The molecule has 9 heteroatoms. The van der Waals surface area contributed by atoms with Gasteiger partial charge in [0.2, 0.25) is 0 Å². The van der Waals surface area contributed by atoms with Crippen molar-refractivity contribution < 1.29 is 13.9 Å². The van der Waals surface area contributed by atoms with Crippen molar-refractivity contribution in [2.24, 2.45) is 4.99 Å². The van der Waals surface area contributed by atoms with E-state index in [2.05, 4.69) is 0 Å². The first-order valence-corrected chi connectivity index (χ1v) is 12.7. The molecule has 0 spiro atoms. The molecule has 5 rings (SSSR count). The normalized spacial score (nSPS) is 15.6. The number of nitrogens with zero attached hydrogens (tertiary/aromatic N) is 2. The first kappa shape index (κ1) is 24.3. The second-order valence-corrected chi connectivity index (χ2v) is 9.82. The number of fused-ring (bicyclic) bond motifs is 1. The SMILES string of the molecule is CCOC(=O)C1=C(c2ccccc2)N=c2sc(=Cc3cccc(Cl)c3Cl)c(=O)n2C1c1ccc(C)o1. The van der Waals surface area contributed by atoms with Crippen LogP contribution in [-0.4, -0.2) is 17.1 Å². The van der Waals surface area contributed by atoms with Gasteiger partial charge in [0, 0.05) is 5.56 Å². The van der Waals surface area contributed by atoms with E-state index in [-0.39, 0.29) is 17.7 Å². The van der Waals surface area contributed by atoms with E-state index in [0.29, 0.717) is 42.2 Å². The van der Waals surface area contributed by atoms with E-state index in [4.69, 9.17) is 37.3 Å². The molecule has 0 saturated carbocycles. The molecule has 0 bridgehead atoms. The molecule has 1 aliphatic heterocycles. The van der Waals surface area contributed by atoms with E-state index < -0.39 is 12.0 Å². The molecule has 1 unspecified atom stereocenters. The lowest BCUT2D eigenvalue weighted by Gasteiger charge is -2.24. The maximum absolute atomic E-state index is 13.8. The highest BCUT2D eigenvalue weighted by molar-refractivity contribution is 7.07. The van der Waals surface area contributed by atoms with Gasteiger partial charge in [0.05, 0.1) is 32.5 Å². The van der Waals surface area contributed by atoms with E-state index in [9.17, 15) is 9.59 Å². The van der Waals surface area contributed by atoms with Crippen molar-refractivity contribution in [3.8, 4) is 0 Å². The van der Waals surface area contributed by atoms with Crippen molar-refractivity contribution in [1.29, 1.82) is 0 Å². The maximum Gasteiger partial charge on any atom is 0.338 e. The van der Waals surface area contributed by atoms with Crippen LogP contribution in [0, 0.1) is 6.92 Å². The lowest BCUT2D eigenvalue weighted by Crippen LogP contribution is -2.39. The maximum atomic E-state index is 13.8. The van der Waals surface area contributed by atoms with Crippen molar-refractivity contribution >= 4 is 52.3 Å². The number of hydrogen-bond acceptors (Lipinski definition) is 6. The predicted molar refractivity (Wildman–Crippen MR) is 141 cm³/mol. The van der Waals surface area contributed by atoms with Crippen LogP contribution in [-0.2, 0) is 9.53 Å². The van der Waals surface area contributed by atoms with Gasteiger partial charge in [-0.2, -0.15) is 0 Å². The third kappa shape index (κ3) is 4.34. The highest BCUT2D eigenvalue weighted by Crippen LogP contribution is 2.35. The molecular weight excluding hydrogens is 519 g/mol. The minimum atomic E-state index is -0.860. The number of thiazole rings is 1. The van der Waals surface area contributed by atoms with Crippen LogP contribution in [0.25, 0.3) is 11.8 Å². The van der Waals surface area contributed by atoms with Gasteiger partial charge in [-0.25, -0.2) is 9.79 Å². The van der Waals surface area contributed by atoms with Crippen LogP contribution < -0.4 is 14.9 Å². The molecule has 2 aromatic carbocycles. The Labute approximate surface area is 220 Å². The molecule has 0 N–H and O–H groups in total. The summed E-state index contributed by atoms with van der Waals surface area (Å²) in [5.74, 6) is 0.526. The summed E-state index contributed by atoms with van der Waals surface area (Å²) in [5, 5.41) is 0.735. The van der Waals surface area contributed by atoms with E-state index in [1.807, 2.05) is 30.3 Å². The standard InChI is InChI=1S/C27H20Cl2N2O4S/c1-3-34-26(33)21-23(16-8-5-4-6-9-16)30-27-31(24(21)19-13-12-15(2)35-19)25(32)20(36-27)14-17-10-7-11-18(28)22(17)29/h4-14,24H,3H2,1-2H3. The van der Waals surface area contributed by atoms with Crippen molar-refractivity contribution in [3.63, 3.8) is 0 Å². The predicted octanol–water partition coefficient (Wildman–Crippen LogP) is 5.14. The molecule has 0 fully saturated rings. The number of halogens is 2. The fourth-order valence-electron chi connectivity index (χ4n) is 4.08.